The molecule has 1 rings (SSSR count). The second-order valence-corrected chi connectivity index (χ2v) is 5.37. The lowest BCUT2D eigenvalue weighted by Crippen LogP contribution is -2.08. The SMILES string of the molecule is C/C=C(\CC)C1SCCCS1. The van der Waals surface area contributed by atoms with Crippen molar-refractivity contribution in [3.8, 4) is 0 Å². The van der Waals surface area contributed by atoms with E-state index in [9.17, 15) is 0 Å². The molecule has 0 radical (unpaired) electrons. The van der Waals surface area contributed by atoms with E-state index in [1.165, 1.54) is 24.3 Å². The first-order valence-electron chi connectivity index (χ1n) is 4.26. The summed E-state index contributed by atoms with van der Waals surface area (Å²) < 4.78 is 0.777. The number of hydrogen-bond donors (Lipinski definition) is 0. The average molecular weight is 188 g/mol. The van der Waals surface area contributed by atoms with Gasteiger partial charge in [0.05, 0.1) is 4.58 Å². The van der Waals surface area contributed by atoms with Crippen molar-refractivity contribution in [1.29, 1.82) is 0 Å². The summed E-state index contributed by atoms with van der Waals surface area (Å²) in [4.78, 5) is 0. The van der Waals surface area contributed by atoms with Crippen LogP contribution in [0.3, 0.4) is 0 Å². The highest BCUT2D eigenvalue weighted by molar-refractivity contribution is 8.17. The van der Waals surface area contributed by atoms with E-state index in [0.717, 1.165) is 4.58 Å². The molecule has 0 spiro atoms. The number of hydrogen-bond acceptors (Lipinski definition) is 2. The van der Waals surface area contributed by atoms with Crippen LogP contribution in [0.2, 0.25) is 0 Å². The zero-order valence-corrected chi connectivity index (χ0v) is 8.93. The molecule has 0 aliphatic carbocycles. The highest BCUT2D eigenvalue weighted by Gasteiger charge is 2.16. The molecule has 1 aliphatic rings. The van der Waals surface area contributed by atoms with Crippen LogP contribution < -0.4 is 0 Å². The van der Waals surface area contributed by atoms with Crippen LogP contribution in [0, 0.1) is 0 Å². The number of allylic oxidation sites excluding steroid dienone is 1. The molecule has 0 bridgehead atoms. The van der Waals surface area contributed by atoms with Crippen molar-refractivity contribution < 1.29 is 0 Å². The molecule has 0 aromatic carbocycles. The fourth-order valence-electron chi connectivity index (χ4n) is 1.21. The van der Waals surface area contributed by atoms with E-state index in [1.54, 1.807) is 5.57 Å². The third-order valence-electron chi connectivity index (χ3n) is 1.91. The van der Waals surface area contributed by atoms with Crippen LogP contribution in [0.4, 0.5) is 0 Å². The standard InChI is InChI=1S/C9H16S2/c1-3-8(4-2)9-10-6-5-7-11-9/h3,9H,4-7H2,1-2H3/b8-3+. The molecule has 1 fully saturated rings. The number of thioether (sulfide) groups is 2. The van der Waals surface area contributed by atoms with Crippen LogP contribution in [0.15, 0.2) is 11.6 Å². The van der Waals surface area contributed by atoms with Crippen LogP contribution >= 0.6 is 23.5 Å². The Bertz CT molecular complexity index is 134. The summed E-state index contributed by atoms with van der Waals surface area (Å²) >= 11 is 4.23. The topological polar surface area (TPSA) is 0 Å². The molecule has 1 aliphatic heterocycles. The van der Waals surface area contributed by atoms with Gasteiger partial charge < -0.3 is 0 Å². The minimum Gasteiger partial charge on any atom is -0.143 e. The van der Waals surface area contributed by atoms with Gasteiger partial charge in [0.1, 0.15) is 0 Å². The third-order valence-corrected chi connectivity index (χ3v) is 4.99. The van der Waals surface area contributed by atoms with Gasteiger partial charge in [0.2, 0.25) is 0 Å². The summed E-state index contributed by atoms with van der Waals surface area (Å²) in [6, 6.07) is 0. The van der Waals surface area contributed by atoms with Crippen LogP contribution in [0.25, 0.3) is 0 Å². The summed E-state index contributed by atoms with van der Waals surface area (Å²) in [6.07, 6.45) is 4.91. The van der Waals surface area contributed by atoms with Gasteiger partial charge in [-0.15, -0.1) is 23.5 Å². The summed E-state index contributed by atoms with van der Waals surface area (Å²) in [5.41, 5.74) is 1.62. The molecule has 64 valence electrons. The van der Waals surface area contributed by atoms with Gasteiger partial charge in [0.25, 0.3) is 0 Å². The van der Waals surface area contributed by atoms with Crippen LogP contribution in [0.1, 0.15) is 26.7 Å². The lowest BCUT2D eigenvalue weighted by atomic mass is 10.2. The summed E-state index contributed by atoms with van der Waals surface area (Å²) in [5.74, 6) is 2.71. The molecule has 2 heteroatoms. The Kier molecular flexibility index (Phi) is 4.46. The summed E-state index contributed by atoms with van der Waals surface area (Å²) in [6.45, 7) is 4.42. The molecular formula is C9H16S2. The fourth-order valence-corrected chi connectivity index (χ4v) is 4.44. The molecule has 0 unspecified atom stereocenters. The van der Waals surface area contributed by atoms with E-state index in [4.69, 9.17) is 0 Å². The molecular weight excluding hydrogens is 172 g/mol. The van der Waals surface area contributed by atoms with Gasteiger partial charge in [-0.25, -0.2) is 0 Å². The predicted molar refractivity (Wildman–Crippen MR) is 57.4 cm³/mol. The van der Waals surface area contributed by atoms with Gasteiger partial charge in [-0.2, -0.15) is 0 Å². The third kappa shape index (κ3) is 2.75. The lowest BCUT2D eigenvalue weighted by molar-refractivity contribution is 1.05. The molecule has 0 N–H and O–H groups in total. The summed E-state index contributed by atoms with van der Waals surface area (Å²) in [7, 11) is 0. The van der Waals surface area contributed by atoms with Gasteiger partial charge in [-0.05, 0) is 31.3 Å². The van der Waals surface area contributed by atoms with Crippen molar-refractivity contribution in [3.63, 3.8) is 0 Å². The Morgan fingerprint density at radius 1 is 1.45 bits per heavy atom. The van der Waals surface area contributed by atoms with E-state index in [0.29, 0.717) is 0 Å². The lowest BCUT2D eigenvalue weighted by Gasteiger charge is -2.22. The average Bonchev–Trinajstić information content (AvgIpc) is 2.09. The Morgan fingerprint density at radius 2 is 2.09 bits per heavy atom. The molecule has 1 heterocycles. The summed E-state index contributed by atoms with van der Waals surface area (Å²) in [5, 5.41) is 0. The van der Waals surface area contributed by atoms with Crippen molar-refractivity contribution in [1.82, 2.24) is 0 Å². The van der Waals surface area contributed by atoms with Crippen molar-refractivity contribution >= 4 is 23.5 Å². The quantitative estimate of drug-likeness (QED) is 0.608. The van der Waals surface area contributed by atoms with E-state index >= 15 is 0 Å². The Labute approximate surface area is 78.2 Å². The van der Waals surface area contributed by atoms with Gasteiger partial charge in [0, 0.05) is 0 Å². The first-order chi connectivity index (χ1) is 5.38. The van der Waals surface area contributed by atoms with Gasteiger partial charge in [0.15, 0.2) is 0 Å². The molecule has 0 aromatic rings. The second-order valence-electron chi connectivity index (χ2n) is 2.64. The largest absolute Gasteiger partial charge is 0.143 e. The van der Waals surface area contributed by atoms with Crippen molar-refractivity contribution in [3.05, 3.63) is 11.6 Å². The predicted octanol–water partition coefficient (Wildman–Crippen LogP) is 3.54. The van der Waals surface area contributed by atoms with E-state index in [-0.39, 0.29) is 0 Å². The van der Waals surface area contributed by atoms with Gasteiger partial charge >= 0.3 is 0 Å². The maximum atomic E-state index is 2.29. The Hall–Kier alpha value is 0.440. The molecule has 0 amide bonds. The minimum absolute atomic E-state index is 0.777. The number of rotatable bonds is 2. The second kappa shape index (κ2) is 5.15. The Balaban J connectivity index is 2.43. The van der Waals surface area contributed by atoms with E-state index < -0.39 is 0 Å². The van der Waals surface area contributed by atoms with Crippen LogP contribution in [-0.4, -0.2) is 16.1 Å². The molecule has 0 nitrogen and oxygen atoms in total. The highest BCUT2D eigenvalue weighted by Crippen LogP contribution is 2.36. The normalized spacial score (nSPS) is 22.2. The first-order valence-corrected chi connectivity index (χ1v) is 6.36. The van der Waals surface area contributed by atoms with Crippen molar-refractivity contribution in [2.75, 3.05) is 11.5 Å². The van der Waals surface area contributed by atoms with E-state index in [2.05, 4.69) is 43.4 Å². The van der Waals surface area contributed by atoms with Gasteiger partial charge in [-0.1, -0.05) is 18.6 Å². The molecule has 11 heavy (non-hydrogen) atoms. The highest BCUT2D eigenvalue weighted by atomic mass is 32.2. The maximum Gasteiger partial charge on any atom is 0.0711 e. The molecule has 0 aromatic heterocycles. The van der Waals surface area contributed by atoms with Gasteiger partial charge in [-0.3, -0.25) is 0 Å². The minimum atomic E-state index is 0.777. The zero-order chi connectivity index (χ0) is 8.10. The van der Waals surface area contributed by atoms with Crippen LogP contribution in [0.5, 0.6) is 0 Å². The Morgan fingerprint density at radius 3 is 2.55 bits per heavy atom. The van der Waals surface area contributed by atoms with Crippen molar-refractivity contribution in [2.45, 2.75) is 31.3 Å². The molecule has 0 atom stereocenters. The smallest absolute Gasteiger partial charge is 0.0711 e. The van der Waals surface area contributed by atoms with E-state index in [1.807, 2.05) is 0 Å². The molecule has 0 saturated carbocycles. The monoisotopic (exact) mass is 188 g/mol. The first kappa shape index (κ1) is 9.53. The molecule has 1 saturated heterocycles. The van der Waals surface area contributed by atoms with Crippen molar-refractivity contribution in [2.24, 2.45) is 0 Å². The van der Waals surface area contributed by atoms with Crippen LogP contribution in [-0.2, 0) is 0 Å². The fraction of sp³-hybridized carbons (Fsp3) is 0.778. The maximum absolute atomic E-state index is 2.29. The zero-order valence-electron chi connectivity index (χ0n) is 7.30.